The maximum atomic E-state index is 12.7. The Hall–Kier alpha value is -3.88. The van der Waals surface area contributed by atoms with Crippen LogP contribution in [0.25, 0.3) is 10.4 Å². The molecule has 0 spiro atoms. The van der Waals surface area contributed by atoms with Gasteiger partial charge in [0.25, 0.3) is 0 Å². The first-order valence-corrected chi connectivity index (χ1v) is 40.4. The molecule has 6 aliphatic rings. The van der Waals surface area contributed by atoms with Crippen LogP contribution in [-0.2, 0) is 99.1 Å². The van der Waals surface area contributed by atoms with E-state index in [-0.39, 0.29) is 91.8 Å². The zero-order valence-corrected chi connectivity index (χ0v) is 72.8. The number of rotatable bonds is 34. The van der Waals surface area contributed by atoms with Crippen molar-refractivity contribution in [2.45, 2.75) is 322 Å². The summed E-state index contributed by atoms with van der Waals surface area (Å²) in [4.78, 5) is 47.0. The van der Waals surface area contributed by atoms with Crippen LogP contribution in [0.2, 0.25) is 0 Å². The maximum Gasteiger partial charge on any atom is 0.340 e. The Morgan fingerprint density at radius 1 is 0.505 bits per heavy atom. The summed E-state index contributed by atoms with van der Waals surface area (Å²) in [5.41, 5.74) is 12.3. The summed E-state index contributed by atoms with van der Waals surface area (Å²) in [6.07, 6.45) is 0.665. The van der Waals surface area contributed by atoms with Gasteiger partial charge in [0, 0.05) is 110 Å². The molecule has 6 heterocycles. The van der Waals surface area contributed by atoms with Crippen LogP contribution in [0.3, 0.4) is 0 Å². The molecule has 6 unspecified atom stereocenters. The molecule has 0 aliphatic carbocycles. The highest BCUT2D eigenvalue weighted by atomic mass is 31.1. The number of azide groups is 1. The van der Waals surface area contributed by atoms with Gasteiger partial charge in [-0.3, -0.25) is 13.7 Å². The minimum absolute atomic E-state index is 0.0106. The van der Waals surface area contributed by atoms with Crippen molar-refractivity contribution in [1.29, 1.82) is 0 Å². The molecule has 107 heavy (non-hydrogen) atoms. The van der Waals surface area contributed by atoms with Crippen molar-refractivity contribution in [3.8, 4) is 0 Å². The van der Waals surface area contributed by atoms with E-state index in [2.05, 4.69) is 40.6 Å². The summed E-state index contributed by atoms with van der Waals surface area (Å²) in [5.74, 6) is -3.93. The minimum Gasteiger partial charge on any atom is -0.456 e. The number of carbonyl (C=O) groups excluding carboxylic acids is 3. The van der Waals surface area contributed by atoms with Crippen molar-refractivity contribution in [3.05, 3.63) is 44.4 Å². The lowest BCUT2D eigenvalue weighted by Crippen LogP contribution is -2.57. The van der Waals surface area contributed by atoms with Gasteiger partial charge in [0.2, 0.25) is 17.4 Å². The van der Waals surface area contributed by atoms with Crippen LogP contribution in [-0.4, -0.2) is 234 Å². The molecule has 0 aromatic carbocycles. The molecular weight excluding hydrogens is 1440 g/mol. The summed E-state index contributed by atoms with van der Waals surface area (Å²) < 4.78 is 129. The lowest BCUT2D eigenvalue weighted by Gasteiger charge is -2.47. The second kappa shape index (κ2) is 40.7. The van der Waals surface area contributed by atoms with Gasteiger partial charge in [-0.1, -0.05) is 60.0 Å². The highest BCUT2D eigenvalue weighted by Gasteiger charge is 2.54. The van der Waals surface area contributed by atoms with Crippen LogP contribution < -0.4 is 5.73 Å². The number of hydrogen-bond acceptors (Lipinski definition) is 26. The first-order chi connectivity index (χ1) is 49.6. The van der Waals surface area contributed by atoms with Crippen LogP contribution >= 0.6 is 25.4 Å². The van der Waals surface area contributed by atoms with E-state index < -0.39 is 112 Å². The Morgan fingerprint density at radius 3 is 0.991 bits per heavy atom. The molecule has 6 aliphatic heterocycles. The van der Waals surface area contributed by atoms with Gasteiger partial charge in [0.15, 0.2) is 44.3 Å². The maximum absolute atomic E-state index is 12.7. The van der Waals surface area contributed by atoms with E-state index in [1.165, 1.54) is 0 Å². The van der Waals surface area contributed by atoms with Gasteiger partial charge in [0.1, 0.15) is 34.3 Å². The van der Waals surface area contributed by atoms with E-state index in [0.717, 1.165) is 25.7 Å². The van der Waals surface area contributed by atoms with Gasteiger partial charge in [0.05, 0.1) is 70.1 Å². The van der Waals surface area contributed by atoms with Crippen molar-refractivity contribution in [2.75, 3.05) is 76.7 Å². The van der Waals surface area contributed by atoms with Crippen molar-refractivity contribution >= 4 is 43.3 Å². The quantitative estimate of drug-likeness (QED) is 0.0156. The number of nitrogens with two attached hydrogens (primary N) is 1. The second-order valence-corrected chi connectivity index (χ2v) is 35.7. The fourth-order valence-corrected chi connectivity index (χ4v) is 17.9. The lowest BCUT2D eigenvalue weighted by molar-refractivity contribution is -0.266. The first-order valence-electron chi connectivity index (χ1n) is 37.7. The highest BCUT2D eigenvalue weighted by molar-refractivity contribution is 7.25. The van der Waals surface area contributed by atoms with Gasteiger partial charge in [-0.05, 0) is 173 Å². The summed E-state index contributed by atoms with van der Waals surface area (Å²) in [7, 11) is 16.6. The second-order valence-electron chi connectivity index (χ2n) is 33.2. The molecule has 24 atom stereocenters. The molecule has 31 heteroatoms. The van der Waals surface area contributed by atoms with Crippen molar-refractivity contribution < 1.29 is 99.1 Å². The monoisotopic (exact) mass is 1570 g/mol. The van der Waals surface area contributed by atoms with Gasteiger partial charge in [-0.2, -0.15) is 0 Å². The Morgan fingerprint density at radius 2 is 0.766 bits per heavy atom. The lowest BCUT2D eigenvalue weighted by atomic mass is 9.80. The van der Waals surface area contributed by atoms with E-state index >= 15 is 0 Å². The van der Waals surface area contributed by atoms with E-state index in [0.29, 0.717) is 65.7 Å². The van der Waals surface area contributed by atoms with Crippen molar-refractivity contribution in [3.63, 3.8) is 0 Å². The molecule has 0 amide bonds. The third-order valence-electron chi connectivity index (χ3n) is 21.8. The number of esters is 3. The summed E-state index contributed by atoms with van der Waals surface area (Å²) in [6.45, 7) is 42.1. The molecule has 2 N–H and O–H groups in total. The normalized spacial score (nSPS) is 31.0. The number of hydrogen-bond donors (Lipinski definition) is 1. The van der Waals surface area contributed by atoms with Gasteiger partial charge in [-0.25, -0.2) is 14.4 Å². The smallest absolute Gasteiger partial charge is 0.340 e. The number of nitrogens with zero attached hydrogens (tertiary/aromatic N) is 6. The number of carbonyl (C=O) groups is 3. The van der Waals surface area contributed by atoms with Crippen LogP contribution in [0.4, 0.5) is 0 Å². The van der Waals surface area contributed by atoms with Crippen LogP contribution in [0.1, 0.15) is 197 Å². The molecule has 3 fully saturated rings. The fraction of sp³-hybridized carbons (Fsp3) is 0.882. The van der Waals surface area contributed by atoms with E-state index in [1.807, 2.05) is 116 Å². The van der Waals surface area contributed by atoms with E-state index in [4.69, 9.17) is 82.3 Å². The Kier molecular flexibility index (Phi) is 36.3. The highest BCUT2D eigenvalue weighted by Crippen LogP contribution is 2.47. The Balaban J connectivity index is 0.000000339. The average molecular weight is 1570 g/mol. The fourth-order valence-electron chi connectivity index (χ4n) is 15.6. The first kappa shape index (κ1) is 95.5. The van der Waals surface area contributed by atoms with Gasteiger partial charge in [-0.15, -0.1) is 0 Å². The summed E-state index contributed by atoms with van der Waals surface area (Å²) in [5, 5.41) is 3.72. The predicted octanol–water partition coefficient (Wildman–Crippen LogP) is 13.9. The zero-order chi connectivity index (χ0) is 81.6. The van der Waals surface area contributed by atoms with Gasteiger partial charge >= 0.3 is 17.9 Å². The third-order valence-corrected chi connectivity index (χ3v) is 24.3. The van der Waals surface area contributed by atoms with Crippen LogP contribution in [0.5, 0.6) is 0 Å². The van der Waals surface area contributed by atoms with Crippen molar-refractivity contribution in [2.24, 2.45) is 46.4 Å². The van der Waals surface area contributed by atoms with Crippen molar-refractivity contribution in [1.82, 2.24) is 14.7 Å². The molecule has 3 saturated heterocycles. The largest absolute Gasteiger partial charge is 0.456 e. The number of cyclic esters (lactones) is 3. The Labute approximate surface area is 643 Å². The molecule has 6 rings (SSSR count). The molecule has 28 nitrogen and oxygen atoms in total. The Bertz CT molecular complexity index is 2990. The third kappa shape index (κ3) is 25.1. The number of methoxy groups -OCH3 is 3. The molecular formula is C76H134N7O21P3. The molecule has 0 aromatic heterocycles. The molecule has 0 radical (unpaired) electrons. The van der Waals surface area contributed by atoms with E-state index in [1.54, 1.807) is 83.6 Å². The molecule has 614 valence electrons. The molecule has 0 bridgehead atoms. The van der Waals surface area contributed by atoms with Gasteiger partial charge < -0.3 is 91.5 Å². The average Bonchev–Trinajstić information content (AvgIpc) is 0.778. The summed E-state index contributed by atoms with van der Waals surface area (Å²) in [6, 6.07) is 0.0156. The number of ether oxygens (including phenoxy) is 15. The van der Waals surface area contributed by atoms with Crippen LogP contribution in [0, 0.1) is 35.5 Å². The topological polar surface area (TPSA) is 325 Å². The zero-order valence-electron chi connectivity index (χ0n) is 70.2. The molecule has 0 aromatic rings. The minimum atomic E-state index is -1.15. The predicted molar refractivity (Wildman–Crippen MR) is 408 cm³/mol. The SMILES string of the molecule is CC[C@H](C)C[C@@](C)(OC)[C@H](O[C@@H]1OC(C)CC(N(C)C)[C@H]1P=O)[C@@H](C)C1=C(C)C(=O)OC(C)(C)O1.CO[C@](C)(C[C@@H](C)CN)[C@H](O[C@@H]1OC(C)CC(N(C)C)[C@H]1P=O)[C@@H](C)C1=C(C)C(=O)OC(C)(C)O1.CO[C@](C)(C[C@@H](C)CN=[N+]=[N-])[C@H](O[C@@H]1OC(C)CC(N(C)C)[C@H]1P=O)[C@@H](C)C1=C(C)C(=O)OC(C)(C)O1. The van der Waals surface area contributed by atoms with Crippen LogP contribution in [0.15, 0.2) is 39.1 Å². The molecule has 0 saturated carbocycles. The van der Waals surface area contributed by atoms with E-state index in [9.17, 15) is 28.1 Å². The standard InChI is InChI=1S/C26H46NO7P.C25H43N4O7P.C25H45N2O7P/c1-12-15(2)14-26(8,30-11)22(17(4)20-18(5)23(28)34-25(6,7)33-20)32-24-21(35-29)19(27(9)10)13-16(3)31-24;1-14(13-27-28-26)12-25(7,32-10)21(16(3)19-17(4)22(30)36-24(5,6)35-19)34-23-20(37-31)18(29(8)9)11-15(2)33-23;1-14(13-26)12-25(7,30-10)21(16(3)19-17(4)22(28)34-24(5,6)33-19)32-23-20(35-29)18(27(8)9)11-15(2)31-23/h15-17,19,21-22,24H,12-14H2,1-11H3;14-16,18,20-21,23H,11-13H2,1-10H3;14-16,18,20-21,23H,11-13,26H2,1-10H3/t15-,16?,17-,19?,21+,22+,24-,26+;2*14-,15?,16+,18?,20-,21-,23+,25-/m011/s1. The summed E-state index contributed by atoms with van der Waals surface area (Å²) >= 11 is 0.